The maximum absolute atomic E-state index is 9.35. The van der Waals surface area contributed by atoms with Gasteiger partial charge in [0, 0.05) is 0 Å². The quantitative estimate of drug-likeness (QED) is 0.788. The van der Waals surface area contributed by atoms with Crippen molar-refractivity contribution in [3.8, 4) is 11.5 Å². The fourth-order valence-corrected chi connectivity index (χ4v) is 2.24. The summed E-state index contributed by atoms with van der Waals surface area (Å²) in [6.45, 7) is 2.87. The normalized spacial score (nSPS) is 22.4. The molecule has 1 saturated carbocycles. The van der Waals surface area contributed by atoms with E-state index in [9.17, 15) is 5.11 Å². The van der Waals surface area contributed by atoms with Gasteiger partial charge in [0.1, 0.15) is 0 Å². The van der Waals surface area contributed by atoms with Crippen LogP contribution in [0.15, 0.2) is 18.2 Å². The summed E-state index contributed by atoms with van der Waals surface area (Å²) in [5.74, 6) is 2.08. The molecule has 18 heavy (non-hydrogen) atoms. The highest BCUT2D eigenvalue weighted by molar-refractivity contribution is 5.44. The van der Waals surface area contributed by atoms with Crippen molar-refractivity contribution in [2.45, 2.75) is 44.6 Å². The molecule has 0 bridgehead atoms. The van der Waals surface area contributed by atoms with Gasteiger partial charge in [-0.25, -0.2) is 0 Å². The Bertz CT molecular complexity index is 383. The summed E-state index contributed by atoms with van der Waals surface area (Å²) in [4.78, 5) is 0. The zero-order valence-electron chi connectivity index (χ0n) is 11.2. The Morgan fingerprint density at radius 1 is 1.28 bits per heavy atom. The van der Waals surface area contributed by atoms with Crippen LogP contribution in [0.4, 0.5) is 0 Å². The van der Waals surface area contributed by atoms with Crippen LogP contribution in [0.1, 0.15) is 44.1 Å². The molecule has 0 saturated heterocycles. The molecule has 0 unspecified atom stereocenters. The van der Waals surface area contributed by atoms with Crippen molar-refractivity contribution in [1.82, 2.24) is 0 Å². The maximum Gasteiger partial charge on any atom is 0.161 e. The van der Waals surface area contributed by atoms with E-state index >= 15 is 0 Å². The molecular weight excluding hydrogens is 228 g/mol. The van der Waals surface area contributed by atoms with Crippen LogP contribution in [0.3, 0.4) is 0 Å². The van der Waals surface area contributed by atoms with E-state index < -0.39 is 0 Å². The molecule has 1 aliphatic carbocycles. The van der Waals surface area contributed by atoms with E-state index in [0.29, 0.717) is 5.92 Å². The number of benzene rings is 1. The largest absolute Gasteiger partial charge is 0.493 e. The second kappa shape index (κ2) is 6.10. The number of methoxy groups -OCH3 is 1. The second-order valence-electron chi connectivity index (χ2n) is 4.93. The van der Waals surface area contributed by atoms with Gasteiger partial charge in [-0.3, -0.25) is 0 Å². The Labute approximate surface area is 109 Å². The molecule has 0 atom stereocenters. The monoisotopic (exact) mass is 250 g/mol. The molecule has 1 aromatic rings. The van der Waals surface area contributed by atoms with E-state index in [4.69, 9.17) is 9.47 Å². The molecule has 1 aromatic carbocycles. The van der Waals surface area contributed by atoms with Crippen molar-refractivity contribution in [2.24, 2.45) is 0 Å². The summed E-state index contributed by atoms with van der Waals surface area (Å²) in [6, 6.07) is 6.10. The molecule has 1 aliphatic rings. The molecule has 1 fully saturated rings. The van der Waals surface area contributed by atoms with Gasteiger partial charge in [0.2, 0.25) is 0 Å². The molecule has 0 aromatic heterocycles. The maximum atomic E-state index is 9.35. The molecule has 2 rings (SSSR count). The molecule has 3 nitrogen and oxygen atoms in total. The van der Waals surface area contributed by atoms with Crippen LogP contribution in [0.25, 0.3) is 0 Å². The third kappa shape index (κ3) is 2.96. The Morgan fingerprint density at radius 2 is 2.06 bits per heavy atom. The van der Waals surface area contributed by atoms with E-state index in [1.54, 1.807) is 7.11 Å². The van der Waals surface area contributed by atoms with Gasteiger partial charge in [0.15, 0.2) is 11.5 Å². The SMILES string of the molecule is CCCCOc1ccc(C2CC(O)C2)cc1OC. The fraction of sp³-hybridized carbons (Fsp3) is 0.600. The van der Waals surface area contributed by atoms with Crippen molar-refractivity contribution >= 4 is 0 Å². The number of rotatable bonds is 6. The summed E-state index contributed by atoms with van der Waals surface area (Å²) < 4.78 is 11.1. The molecule has 0 heterocycles. The highest BCUT2D eigenvalue weighted by Gasteiger charge is 2.29. The molecule has 1 N–H and O–H groups in total. The molecule has 0 radical (unpaired) electrons. The van der Waals surface area contributed by atoms with Gasteiger partial charge in [0.25, 0.3) is 0 Å². The first kappa shape index (κ1) is 13.2. The van der Waals surface area contributed by atoms with Crippen LogP contribution >= 0.6 is 0 Å². The number of ether oxygens (including phenoxy) is 2. The first-order chi connectivity index (χ1) is 8.74. The van der Waals surface area contributed by atoms with Gasteiger partial charge < -0.3 is 14.6 Å². The third-order valence-corrected chi connectivity index (χ3v) is 3.53. The Morgan fingerprint density at radius 3 is 2.67 bits per heavy atom. The van der Waals surface area contributed by atoms with Crippen LogP contribution < -0.4 is 9.47 Å². The summed E-state index contributed by atoms with van der Waals surface area (Å²) in [5.41, 5.74) is 1.24. The average Bonchev–Trinajstić information content (AvgIpc) is 2.36. The minimum atomic E-state index is -0.124. The molecule has 100 valence electrons. The average molecular weight is 250 g/mol. The van der Waals surface area contributed by atoms with E-state index in [2.05, 4.69) is 13.0 Å². The third-order valence-electron chi connectivity index (χ3n) is 3.53. The van der Waals surface area contributed by atoms with Gasteiger partial charge in [-0.15, -0.1) is 0 Å². The first-order valence-corrected chi connectivity index (χ1v) is 6.73. The summed E-state index contributed by atoms with van der Waals surface area (Å²) in [7, 11) is 1.67. The van der Waals surface area contributed by atoms with Crippen LogP contribution in [0.5, 0.6) is 11.5 Å². The number of aliphatic hydroxyl groups excluding tert-OH is 1. The standard InChI is InChI=1S/C15H22O3/c1-3-4-7-18-14-6-5-11(10-15(14)17-2)12-8-13(16)9-12/h5-6,10,12-13,16H,3-4,7-9H2,1-2H3. The molecule has 0 aliphatic heterocycles. The first-order valence-electron chi connectivity index (χ1n) is 6.73. The van der Waals surface area contributed by atoms with Crippen LogP contribution in [-0.2, 0) is 0 Å². The van der Waals surface area contributed by atoms with Crippen molar-refractivity contribution in [3.63, 3.8) is 0 Å². The van der Waals surface area contributed by atoms with E-state index in [-0.39, 0.29) is 6.10 Å². The number of hydrogen-bond donors (Lipinski definition) is 1. The van der Waals surface area contributed by atoms with E-state index in [1.165, 1.54) is 5.56 Å². The summed E-state index contributed by atoms with van der Waals surface area (Å²) >= 11 is 0. The molecule has 0 spiro atoms. The number of aliphatic hydroxyl groups is 1. The highest BCUT2D eigenvalue weighted by atomic mass is 16.5. The van der Waals surface area contributed by atoms with Gasteiger partial charge >= 0.3 is 0 Å². The van der Waals surface area contributed by atoms with Crippen LogP contribution in [0, 0.1) is 0 Å². The van der Waals surface area contributed by atoms with Crippen LogP contribution in [0.2, 0.25) is 0 Å². The van der Waals surface area contributed by atoms with E-state index in [1.807, 2.05) is 12.1 Å². The van der Waals surface area contributed by atoms with Crippen molar-refractivity contribution in [2.75, 3.05) is 13.7 Å². The predicted molar refractivity (Wildman–Crippen MR) is 71.4 cm³/mol. The van der Waals surface area contributed by atoms with Crippen LogP contribution in [-0.4, -0.2) is 24.9 Å². The lowest BCUT2D eigenvalue weighted by molar-refractivity contribution is 0.0745. The number of hydrogen-bond acceptors (Lipinski definition) is 3. The lowest BCUT2D eigenvalue weighted by atomic mass is 9.77. The topological polar surface area (TPSA) is 38.7 Å². The Kier molecular flexibility index (Phi) is 4.48. The highest BCUT2D eigenvalue weighted by Crippen LogP contribution is 2.40. The lowest BCUT2D eigenvalue weighted by Gasteiger charge is -2.32. The van der Waals surface area contributed by atoms with Crippen molar-refractivity contribution < 1.29 is 14.6 Å². The summed E-state index contributed by atoms with van der Waals surface area (Å²) in [5, 5.41) is 9.35. The Balaban J connectivity index is 2.03. The smallest absolute Gasteiger partial charge is 0.161 e. The molecule has 0 amide bonds. The number of unbranched alkanes of at least 4 members (excludes halogenated alkanes) is 1. The fourth-order valence-electron chi connectivity index (χ4n) is 2.24. The van der Waals surface area contributed by atoms with Gasteiger partial charge in [-0.05, 0) is 42.9 Å². The zero-order valence-corrected chi connectivity index (χ0v) is 11.2. The Hall–Kier alpha value is -1.22. The van der Waals surface area contributed by atoms with Gasteiger partial charge in [-0.1, -0.05) is 19.4 Å². The van der Waals surface area contributed by atoms with E-state index in [0.717, 1.165) is 43.8 Å². The molecule has 3 heteroatoms. The second-order valence-corrected chi connectivity index (χ2v) is 4.93. The van der Waals surface area contributed by atoms with Crippen molar-refractivity contribution in [1.29, 1.82) is 0 Å². The minimum Gasteiger partial charge on any atom is -0.493 e. The predicted octanol–water partition coefficient (Wildman–Crippen LogP) is 3.11. The van der Waals surface area contributed by atoms with Gasteiger partial charge in [0.05, 0.1) is 19.8 Å². The lowest BCUT2D eigenvalue weighted by Crippen LogP contribution is -2.26. The van der Waals surface area contributed by atoms with Crippen molar-refractivity contribution in [3.05, 3.63) is 23.8 Å². The molecular formula is C15H22O3. The minimum absolute atomic E-state index is 0.124. The summed E-state index contributed by atoms with van der Waals surface area (Å²) in [6.07, 6.45) is 3.78. The van der Waals surface area contributed by atoms with Gasteiger partial charge in [-0.2, -0.15) is 0 Å². The zero-order chi connectivity index (χ0) is 13.0.